The standard InChI is InChI=1S/C27H27FN8O4/c28-18-2-4-23(37)20(12-18)21-13-22(25(29)32-31-21)34-9-7-33(8-10-34)14-16-1-3-19-17(11-16)15-36(26(19)39)35-6-5-24(38)30-27(35)40/h1-4,11-13,37H,5-10,14-15H2,(H2,29,32)(H,30,38,40). The summed E-state index contributed by atoms with van der Waals surface area (Å²) in [6, 6.07) is 10.5. The molecule has 0 saturated carbocycles. The van der Waals surface area contributed by atoms with Crippen LogP contribution in [-0.2, 0) is 17.9 Å². The summed E-state index contributed by atoms with van der Waals surface area (Å²) in [5.41, 5.74) is 9.83. The second kappa shape index (κ2) is 10.1. The maximum atomic E-state index is 13.8. The van der Waals surface area contributed by atoms with Crippen LogP contribution in [0.1, 0.15) is 27.9 Å². The number of urea groups is 1. The van der Waals surface area contributed by atoms with Crippen molar-refractivity contribution in [3.05, 3.63) is 65.0 Å². The Balaban J connectivity index is 1.10. The van der Waals surface area contributed by atoms with E-state index in [1.54, 1.807) is 12.1 Å². The number of hydrazine groups is 1. The monoisotopic (exact) mass is 546 g/mol. The summed E-state index contributed by atoms with van der Waals surface area (Å²) in [5.74, 6) is -0.924. The molecule has 3 aliphatic rings. The lowest BCUT2D eigenvalue weighted by atomic mass is 10.1. The van der Waals surface area contributed by atoms with Crippen molar-refractivity contribution in [2.45, 2.75) is 19.5 Å². The SMILES string of the molecule is Nc1nnc(-c2cc(F)ccc2O)cc1N1CCN(Cc2ccc3c(c2)CN(N2CCC(=O)NC2=O)C3=O)CC1. The van der Waals surface area contributed by atoms with E-state index in [9.17, 15) is 23.9 Å². The number of carbonyl (C=O) groups excluding carboxylic acids is 3. The van der Waals surface area contributed by atoms with Gasteiger partial charge in [0, 0.05) is 50.3 Å². The van der Waals surface area contributed by atoms with E-state index < -0.39 is 11.8 Å². The predicted octanol–water partition coefficient (Wildman–Crippen LogP) is 1.71. The van der Waals surface area contributed by atoms with E-state index in [0.29, 0.717) is 36.6 Å². The maximum absolute atomic E-state index is 13.8. The molecule has 1 aromatic heterocycles. The molecule has 3 aliphatic heterocycles. The Bertz CT molecular complexity index is 1520. The van der Waals surface area contributed by atoms with Gasteiger partial charge in [-0.2, -0.15) is 0 Å². The van der Waals surface area contributed by atoms with E-state index in [2.05, 4.69) is 25.3 Å². The Hall–Kier alpha value is -4.78. The molecule has 0 radical (unpaired) electrons. The van der Waals surface area contributed by atoms with Crippen LogP contribution < -0.4 is 16.0 Å². The van der Waals surface area contributed by atoms with Crippen molar-refractivity contribution >= 4 is 29.4 Å². The fourth-order valence-corrected chi connectivity index (χ4v) is 5.33. The number of aromatic nitrogens is 2. The van der Waals surface area contributed by atoms with Crippen LogP contribution in [0.25, 0.3) is 11.3 Å². The number of halogens is 1. The molecule has 0 atom stereocenters. The smallest absolute Gasteiger partial charge is 0.342 e. The molecule has 0 bridgehead atoms. The first kappa shape index (κ1) is 25.5. The number of nitrogens with zero attached hydrogens (tertiary/aromatic N) is 6. The molecule has 206 valence electrons. The number of hydrogen-bond donors (Lipinski definition) is 3. The molecule has 0 aliphatic carbocycles. The zero-order chi connectivity index (χ0) is 28.0. The molecule has 2 fully saturated rings. The molecule has 12 nitrogen and oxygen atoms in total. The number of fused-ring (bicyclic) bond motifs is 1. The first-order valence-electron chi connectivity index (χ1n) is 12.9. The largest absolute Gasteiger partial charge is 0.507 e. The van der Waals surface area contributed by atoms with Gasteiger partial charge in [0.05, 0.1) is 24.5 Å². The van der Waals surface area contributed by atoms with Crippen LogP contribution >= 0.6 is 0 Å². The van der Waals surface area contributed by atoms with E-state index in [4.69, 9.17) is 5.73 Å². The molecule has 6 rings (SSSR count). The molecule has 3 aromatic rings. The first-order valence-corrected chi connectivity index (χ1v) is 12.9. The molecule has 4 amide bonds. The zero-order valence-electron chi connectivity index (χ0n) is 21.5. The summed E-state index contributed by atoms with van der Waals surface area (Å²) in [7, 11) is 0. The topological polar surface area (TPSA) is 148 Å². The second-order valence-corrected chi connectivity index (χ2v) is 10.0. The van der Waals surface area contributed by atoms with E-state index >= 15 is 0 Å². The van der Waals surface area contributed by atoms with Gasteiger partial charge < -0.3 is 15.7 Å². The van der Waals surface area contributed by atoms with Gasteiger partial charge in [-0.25, -0.2) is 19.2 Å². The van der Waals surface area contributed by atoms with Gasteiger partial charge in [0.1, 0.15) is 11.6 Å². The number of nitrogen functional groups attached to an aromatic ring is 1. The number of hydrogen-bond acceptors (Lipinski definition) is 9. The summed E-state index contributed by atoms with van der Waals surface area (Å²) in [6.45, 7) is 3.95. The molecule has 0 unspecified atom stereocenters. The molecular formula is C27H27FN8O4. The molecule has 4 N–H and O–H groups in total. The number of carbonyl (C=O) groups is 3. The van der Waals surface area contributed by atoms with Crippen molar-refractivity contribution in [3.8, 4) is 17.0 Å². The Morgan fingerprint density at radius 2 is 1.73 bits per heavy atom. The molecule has 0 spiro atoms. The van der Waals surface area contributed by atoms with E-state index in [1.165, 1.54) is 28.2 Å². The molecular weight excluding hydrogens is 519 g/mol. The number of nitrogens with two attached hydrogens (primary N) is 1. The summed E-state index contributed by atoms with van der Waals surface area (Å²) < 4.78 is 13.8. The molecule has 13 heteroatoms. The molecule has 2 saturated heterocycles. The van der Waals surface area contributed by atoms with Crippen LogP contribution in [-0.4, -0.2) is 80.8 Å². The van der Waals surface area contributed by atoms with Crippen molar-refractivity contribution < 1.29 is 23.9 Å². The molecule has 40 heavy (non-hydrogen) atoms. The number of benzene rings is 2. The van der Waals surface area contributed by atoms with E-state index in [-0.39, 0.29) is 48.5 Å². The van der Waals surface area contributed by atoms with Gasteiger partial charge in [0.15, 0.2) is 5.82 Å². The summed E-state index contributed by atoms with van der Waals surface area (Å²) in [4.78, 5) is 41.0. The highest BCUT2D eigenvalue weighted by Crippen LogP contribution is 2.33. The average Bonchev–Trinajstić information content (AvgIpc) is 3.26. The lowest BCUT2D eigenvalue weighted by Crippen LogP contribution is -2.56. The van der Waals surface area contributed by atoms with Gasteiger partial charge in [-0.1, -0.05) is 12.1 Å². The van der Waals surface area contributed by atoms with Crippen molar-refractivity contribution in [1.29, 1.82) is 0 Å². The lowest BCUT2D eigenvalue weighted by Gasteiger charge is -2.36. The molecule has 4 heterocycles. The number of rotatable bonds is 5. The summed E-state index contributed by atoms with van der Waals surface area (Å²) in [5, 5.41) is 23.2. The number of amides is 4. The quantitative estimate of drug-likeness (QED) is 0.435. The third-order valence-corrected chi connectivity index (χ3v) is 7.43. The van der Waals surface area contributed by atoms with Crippen LogP contribution in [0.2, 0.25) is 0 Å². The van der Waals surface area contributed by atoms with Crippen LogP contribution in [0.4, 0.5) is 20.7 Å². The second-order valence-electron chi connectivity index (χ2n) is 10.0. The highest BCUT2D eigenvalue weighted by Gasteiger charge is 2.37. The predicted molar refractivity (Wildman–Crippen MR) is 142 cm³/mol. The summed E-state index contributed by atoms with van der Waals surface area (Å²) >= 11 is 0. The average molecular weight is 547 g/mol. The normalized spacial score (nSPS) is 17.8. The van der Waals surface area contributed by atoms with Gasteiger partial charge in [0.25, 0.3) is 5.91 Å². The van der Waals surface area contributed by atoms with Gasteiger partial charge in [-0.15, -0.1) is 10.2 Å². The third kappa shape index (κ3) is 4.75. The number of aromatic hydroxyl groups is 1. The number of imide groups is 1. The Kier molecular flexibility index (Phi) is 6.42. The maximum Gasteiger partial charge on any atom is 0.342 e. The minimum atomic E-state index is -0.583. The fraction of sp³-hybridized carbons (Fsp3) is 0.296. The van der Waals surface area contributed by atoms with Gasteiger partial charge in [0.2, 0.25) is 5.91 Å². The van der Waals surface area contributed by atoms with Crippen molar-refractivity contribution in [2.24, 2.45) is 0 Å². The Morgan fingerprint density at radius 1 is 0.925 bits per heavy atom. The highest BCUT2D eigenvalue weighted by molar-refractivity contribution is 6.01. The first-order chi connectivity index (χ1) is 19.3. The minimum absolute atomic E-state index is 0.0929. The highest BCUT2D eigenvalue weighted by atomic mass is 19.1. The van der Waals surface area contributed by atoms with Crippen LogP contribution in [0.3, 0.4) is 0 Å². The van der Waals surface area contributed by atoms with Gasteiger partial charge >= 0.3 is 6.03 Å². The van der Waals surface area contributed by atoms with Crippen molar-refractivity contribution in [2.75, 3.05) is 43.4 Å². The van der Waals surface area contributed by atoms with Gasteiger partial charge in [-0.05, 0) is 41.5 Å². The van der Waals surface area contributed by atoms with Crippen molar-refractivity contribution in [1.82, 2.24) is 30.4 Å². The van der Waals surface area contributed by atoms with E-state index in [0.717, 1.165) is 24.2 Å². The Morgan fingerprint density at radius 3 is 2.50 bits per heavy atom. The van der Waals surface area contributed by atoms with Crippen LogP contribution in [0.15, 0.2) is 42.5 Å². The van der Waals surface area contributed by atoms with Gasteiger partial charge in [-0.3, -0.25) is 19.8 Å². The number of piperazine rings is 1. The Labute approximate surface area is 228 Å². The van der Waals surface area contributed by atoms with Crippen LogP contribution in [0.5, 0.6) is 5.75 Å². The number of phenols is 1. The zero-order valence-corrected chi connectivity index (χ0v) is 21.5. The third-order valence-electron chi connectivity index (χ3n) is 7.43. The minimum Gasteiger partial charge on any atom is -0.507 e. The van der Waals surface area contributed by atoms with Crippen LogP contribution in [0, 0.1) is 5.82 Å². The van der Waals surface area contributed by atoms with Crippen molar-refractivity contribution in [3.63, 3.8) is 0 Å². The molecule has 2 aromatic carbocycles. The number of anilines is 2. The number of nitrogens with one attached hydrogen (secondary N) is 1. The lowest BCUT2D eigenvalue weighted by molar-refractivity contribution is -0.123. The van der Waals surface area contributed by atoms with E-state index in [1.807, 2.05) is 12.1 Å². The summed E-state index contributed by atoms with van der Waals surface area (Å²) in [6.07, 6.45) is 0.152. The number of phenolic OH excluding ortho intramolecular Hbond substituents is 1. The fourth-order valence-electron chi connectivity index (χ4n) is 5.33.